The monoisotopic (exact) mass is 399 g/mol. The summed E-state index contributed by atoms with van der Waals surface area (Å²) in [4.78, 5) is 26.4. The lowest BCUT2D eigenvalue weighted by Crippen LogP contribution is -2.39. The standard InChI is InChI=1S/C20H25N5O2S/c1-15-4-5-16-17(14-15)28-20(22-16)25(19(26)18-21-6-9-23(18)2)8-3-7-24-10-12-27-13-11-24/h4-6,9,14H,3,7-8,10-13H2,1-2H3. The number of hydrogen-bond donors (Lipinski definition) is 0. The topological polar surface area (TPSA) is 63.5 Å². The number of rotatable bonds is 6. The second-order valence-electron chi connectivity index (χ2n) is 7.09. The molecular formula is C20H25N5O2S. The van der Waals surface area contributed by atoms with Gasteiger partial charge in [0.05, 0.1) is 23.4 Å². The molecule has 1 fully saturated rings. The maximum Gasteiger partial charge on any atom is 0.296 e. The zero-order chi connectivity index (χ0) is 19.5. The van der Waals surface area contributed by atoms with Gasteiger partial charge in [-0.1, -0.05) is 17.4 Å². The van der Waals surface area contributed by atoms with Crippen molar-refractivity contribution in [3.05, 3.63) is 42.0 Å². The number of amides is 1. The van der Waals surface area contributed by atoms with Gasteiger partial charge in [-0.25, -0.2) is 9.97 Å². The van der Waals surface area contributed by atoms with Crippen LogP contribution in [0.15, 0.2) is 30.6 Å². The molecule has 1 aliphatic rings. The number of carbonyl (C=O) groups excluding carboxylic acids is 1. The zero-order valence-electron chi connectivity index (χ0n) is 16.3. The van der Waals surface area contributed by atoms with Gasteiger partial charge < -0.3 is 9.30 Å². The molecule has 0 saturated carbocycles. The number of anilines is 1. The van der Waals surface area contributed by atoms with E-state index in [4.69, 9.17) is 9.72 Å². The molecule has 1 saturated heterocycles. The molecule has 1 amide bonds. The average molecular weight is 400 g/mol. The molecule has 8 heteroatoms. The third-order valence-electron chi connectivity index (χ3n) is 4.98. The van der Waals surface area contributed by atoms with E-state index in [0.717, 1.165) is 54.6 Å². The lowest BCUT2D eigenvalue weighted by Gasteiger charge is -2.27. The second-order valence-corrected chi connectivity index (χ2v) is 8.10. The smallest absolute Gasteiger partial charge is 0.296 e. The molecule has 0 bridgehead atoms. The summed E-state index contributed by atoms with van der Waals surface area (Å²) in [6, 6.07) is 6.19. The highest BCUT2D eigenvalue weighted by molar-refractivity contribution is 7.22. The lowest BCUT2D eigenvalue weighted by atomic mass is 10.2. The molecule has 4 rings (SSSR count). The molecule has 7 nitrogen and oxygen atoms in total. The number of imidazole rings is 1. The molecule has 0 atom stereocenters. The van der Waals surface area contributed by atoms with E-state index in [1.165, 1.54) is 5.56 Å². The van der Waals surface area contributed by atoms with E-state index in [1.807, 2.05) is 13.1 Å². The minimum absolute atomic E-state index is 0.106. The third kappa shape index (κ3) is 4.09. The first kappa shape index (κ1) is 19.0. The molecular weight excluding hydrogens is 374 g/mol. The lowest BCUT2D eigenvalue weighted by molar-refractivity contribution is 0.0376. The first-order valence-corrected chi connectivity index (χ1v) is 10.4. The van der Waals surface area contributed by atoms with Crippen molar-refractivity contribution in [2.75, 3.05) is 44.3 Å². The molecule has 1 aliphatic heterocycles. The number of aryl methyl sites for hydroxylation is 2. The summed E-state index contributed by atoms with van der Waals surface area (Å²) in [6.07, 6.45) is 4.33. The molecule has 3 heterocycles. The quantitative estimate of drug-likeness (QED) is 0.638. The molecule has 148 valence electrons. The first-order chi connectivity index (χ1) is 13.6. The van der Waals surface area contributed by atoms with Gasteiger partial charge in [0.2, 0.25) is 0 Å². The SMILES string of the molecule is Cc1ccc2nc(N(CCCN3CCOCC3)C(=O)c3nccn3C)sc2c1. The van der Waals surface area contributed by atoms with Crippen molar-refractivity contribution in [2.24, 2.45) is 7.05 Å². The van der Waals surface area contributed by atoms with Crippen molar-refractivity contribution in [1.29, 1.82) is 0 Å². The van der Waals surface area contributed by atoms with Crippen LogP contribution < -0.4 is 4.90 Å². The normalized spacial score (nSPS) is 15.2. The maximum atomic E-state index is 13.2. The van der Waals surface area contributed by atoms with Crippen LogP contribution in [-0.2, 0) is 11.8 Å². The van der Waals surface area contributed by atoms with Crippen molar-refractivity contribution in [2.45, 2.75) is 13.3 Å². The Morgan fingerprint density at radius 3 is 2.89 bits per heavy atom. The van der Waals surface area contributed by atoms with Gasteiger partial charge in [0, 0.05) is 45.6 Å². The van der Waals surface area contributed by atoms with Gasteiger partial charge in [-0.05, 0) is 31.0 Å². The molecule has 0 spiro atoms. The number of carbonyl (C=O) groups is 1. The fraction of sp³-hybridized carbons (Fsp3) is 0.450. The Bertz CT molecular complexity index is 961. The summed E-state index contributed by atoms with van der Waals surface area (Å²) >= 11 is 1.56. The molecule has 0 aliphatic carbocycles. The number of hydrogen-bond acceptors (Lipinski definition) is 6. The fourth-order valence-electron chi connectivity index (χ4n) is 3.39. The largest absolute Gasteiger partial charge is 0.379 e. The zero-order valence-corrected chi connectivity index (χ0v) is 17.1. The molecule has 28 heavy (non-hydrogen) atoms. The highest BCUT2D eigenvalue weighted by Crippen LogP contribution is 2.30. The van der Waals surface area contributed by atoms with E-state index in [1.54, 1.807) is 33.2 Å². The highest BCUT2D eigenvalue weighted by Gasteiger charge is 2.24. The molecule has 2 aromatic heterocycles. The predicted octanol–water partition coefficient (Wildman–Crippen LogP) is 2.71. The van der Waals surface area contributed by atoms with Crippen LogP contribution in [-0.4, -0.2) is 64.7 Å². The predicted molar refractivity (Wildman–Crippen MR) is 111 cm³/mol. The molecule has 0 radical (unpaired) electrons. The third-order valence-corrected chi connectivity index (χ3v) is 6.02. The van der Waals surface area contributed by atoms with Gasteiger partial charge >= 0.3 is 0 Å². The van der Waals surface area contributed by atoms with Crippen molar-refractivity contribution >= 4 is 32.6 Å². The van der Waals surface area contributed by atoms with E-state index in [0.29, 0.717) is 12.4 Å². The molecule has 0 N–H and O–H groups in total. The van der Waals surface area contributed by atoms with Gasteiger partial charge in [0.25, 0.3) is 5.91 Å². The van der Waals surface area contributed by atoms with Gasteiger partial charge in [-0.15, -0.1) is 0 Å². The van der Waals surface area contributed by atoms with Crippen LogP contribution in [0.2, 0.25) is 0 Å². The second kappa shape index (κ2) is 8.38. The minimum atomic E-state index is -0.106. The number of aromatic nitrogens is 3. The number of morpholine rings is 1. The van der Waals surface area contributed by atoms with Crippen molar-refractivity contribution in [1.82, 2.24) is 19.4 Å². The minimum Gasteiger partial charge on any atom is -0.379 e. The molecule has 1 aromatic carbocycles. The Morgan fingerprint density at radius 2 is 2.14 bits per heavy atom. The summed E-state index contributed by atoms with van der Waals surface area (Å²) < 4.78 is 8.27. The van der Waals surface area contributed by atoms with Gasteiger partial charge in [-0.2, -0.15) is 0 Å². The summed E-state index contributed by atoms with van der Waals surface area (Å²) in [6.45, 7) is 7.10. The summed E-state index contributed by atoms with van der Waals surface area (Å²) in [5, 5.41) is 0.732. The van der Waals surface area contributed by atoms with E-state index in [9.17, 15) is 4.79 Å². The van der Waals surface area contributed by atoms with E-state index < -0.39 is 0 Å². The van der Waals surface area contributed by atoms with E-state index in [2.05, 4.69) is 28.9 Å². The van der Waals surface area contributed by atoms with Gasteiger partial charge in [-0.3, -0.25) is 14.6 Å². The molecule has 3 aromatic rings. The summed E-state index contributed by atoms with van der Waals surface area (Å²) in [7, 11) is 1.84. The Hall–Kier alpha value is -2.29. The van der Waals surface area contributed by atoms with Crippen molar-refractivity contribution in [3.63, 3.8) is 0 Å². The summed E-state index contributed by atoms with van der Waals surface area (Å²) in [5.41, 5.74) is 2.12. The van der Waals surface area contributed by atoms with Crippen LogP contribution in [0.1, 0.15) is 22.6 Å². The number of ether oxygens (including phenoxy) is 1. The van der Waals surface area contributed by atoms with Crippen LogP contribution in [0.3, 0.4) is 0 Å². The van der Waals surface area contributed by atoms with Crippen molar-refractivity contribution in [3.8, 4) is 0 Å². The molecule has 0 unspecified atom stereocenters. The van der Waals surface area contributed by atoms with Crippen LogP contribution in [0.25, 0.3) is 10.2 Å². The Morgan fingerprint density at radius 1 is 1.32 bits per heavy atom. The van der Waals surface area contributed by atoms with Crippen molar-refractivity contribution < 1.29 is 9.53 Å². The Kier molecular flexibility index (Phi) is 5.70. The Balaban J connectivity index is 1.56. The number of nitrogens with zero attached hydrogens (tertiary/aromatic N) is 5. The summed E-state index contributed by atoms with van der Waals surface area (Å²) in [5.74, 6) is 0.326. The Labute approximate surface area is 168 Å². The van der Waals surface area contributed by atoms with E-state index in [-0.39, 0.29) is 5.91 Å². The maximum absolute atomic E-state index is 13.2. The first-order valence-electron chi connectivity index (χ1n) is 9.58. The van der Waals surface area contributed by atoms with E-state index >= 15 is 0 Å². The van der Waals surface area contributed by atoms with Crippen LogP contribution >= 0.6 is 11.3 Å². The highest BCUT2D eigenvalue weighted by atomic mass is 32.1. The van der Waals surface area contributed by atoms with Crippen LogP contribution in [0, 0.1) is 6.92 Å². The average Bonchev–Trinajstić information content (AvgIpc) is 3.31. The number of fused-ring (bicyclic) bond motifs is 1. The number of benzene rings is 1. The van der Waals surface area contributed by atoms with Gasteiger partial charge in [0.15, 0.2) is 11.0 Å². The van der Waals surface area contributed by atoms with Gasteiger partial charge in [0.1, 0.15) is 0 Å². The number of thiazole rings is 1. The van der Waals surface area contributed by atoms with Crippen LogP contribution in [0.4, 0.5) is 5.13 Å². The fourth-order valence-corrected chi connectivity index (χ4v) is 4.48. The van der Waals surface area contributed by atoms with Crippen LogP contribution in [0.5, 0.6) is 0 Å².